The summed E-state index contributed by atoms with van der Waals surface area (Å²) in [5.74, 6) is 0.585. The van der Waals surface area contributed by atoms with Crippen molar-refractivity contribution in [2.24, 2.45) is 0 Å². The molecule has 0 radical (unpaired) electrons. The molecule has 0 unspecified atom stereocenters. The average molecular weight is 332 g/mol. The molecule has 0 aliphatic carbocycles. The van der Waals surface area contributed by atoms with E-state index in [9.17, 15) is 4.79 Å². The zero-order valence-corrected chi connectivity index (χ0v) is 14.2. The molecular weight excluding hydrogens is 312 g/mol. The van der Waals surface area contributed by atoms with Gasteiger partial charge in [0.2, 0.25) is 0 Å². The van der Waals surface area contributed by atoms with E-state index in [4.69, 9.17) is 0 Å². The zero-order valence-electron chi connectivity index (χ0n) is 14.2. The van der Waals surface area contributed by atoms with E-state index in [1.165, 1.54) is 6.33 Å². The minimum absolute atomic E-state index is 0.0914. The molecule has 0 fully saturated rings. The van der Waals surface area contributed by atoms with E-state index >= 15 is 0 Å². The van der Waals surface area contributed by atoms with Crippen LogP contribution in [0.4, 0.5) is 11.5 Å². The van der Waals surface area contributed by atoms with E-state index in [2.05, 4.69) is 20.6 Å². The number of carbonyl (C=O) groups excluding carboxylic acids is 1. The van der Waals surface area contributed by atoms with Gasteiger partial charge in [0.1, 0.15) is 12.1 Å². The lowest BCUT2D eigenvalue weighted by molar-refractivity contribution is 0.0943. The van der Waals surface area contributed by atoms with E-state index in [-0.39, 0.29) is 11.9 Å². The summed E-state index contributed by atoms with van der Waals surface area (Å²) in [6.45, 7) is 3.87. The minimum Gasteiger partial charge on any atom is -0.350 e. The summed E-state index contributed by atoms with van der Waals surface area (Å²) in [7, 11) is 0. The van der Waals surface area contributed by atoms with Crippen molar-refractivity contribution in [3.05, 3.63) is 72.6 Å². The van der Waals surface area contributed by atoms with Crippen LogP contribution in [0, 0.1) is 0 Å². The third-order valence-corrected chi connectivity index (χ3v) is 3.55. The summed E-state index contributed by atoms with van der Waals surface area (Å²) >= 11 is 0. The molecule has 0 aliphatic heterocycles. The van der Waals surface area contributed by atoms with E-state index in [1.54, 1.807) is 6.07 Å². The Morgan fingerprint density at radius 3 is 2.52 bits per heavy atom. The molecule has 1 aromatic heterocycles. The van der Waals surface area contributed by atoms with Crippen molar-refractivity contribution in [2.45, 2.75) is 19.9 Å². The Labute approximate surface area is 147 Å². The fraction of sp³-hybridized carbons (Fsp3) is 0.150. The maximum atomic E-state index is 12.1. The summed E-state index contributed by atoms with van der Waals surface area (Å²) in [6, 6.07) is 19.2. The molecule has 1 amide bonds. The number of nitrogens with one attached hydrogen (secondary N) is 2. The molecule has 0 spiro atoms. The second kappa shape index (κ2) is 7.57. The van der Waals surface area contributed by atoms with E-state index < -0.39 is 0 Å². The molecule has 0 aliphatic rings. The SMILES string of the molecule is CC(C)NC(=O)c1cccc(Nc2cc(-c3ccccc3)ncn2)c1. The van der Waals surface area contributed by atoms with Crippen LogP contribution in [-0.2, 0) is 0 Å². The minimum atomic E-state index is -0.0914. The Kier molecular flexibility index (Phi) is 5.04. The average Bonchev–Trinajstić information content (AvgIpc) is 2.62. The van der Waals surface area contributed by atoms with Crippen LogP contribution in [-0.4, -0.2) is 21.9 Å². The maximum absolute atomic E-state index is 12.1. The highest BCUT2D eigenvalue weighted by molar-refractivity contribution is 5.95. The number of hydrogen-bond donors (Lipinski definition) is 2. The van der Waals surface area contributed by atoms with Crippen LogP contribution in [0.3, 0.4) is 0 Å². The van der Waals surface area contributed by atoms with Gasteiger partial charge in [-0.3, -0.25) is 4.79 Å². The third-order valence-electron chi connectivity index (χ3n) is 3.55. The number of hydrogen-bond acceptors (Lipinski definition) is 4. The van der Waals surface area contributed by atoms with Crippen LogP contribution < -0.4 is 10.6 Å². The predicted molar refractivity (Wildman–Crippen MR) is 99.8 cm³/mol. The Morgan fingerprint density at radius 2 is 1.76 bits per heavy atom. The van der Waals surface area contributed by atoms with Crippen LogP contribution in [0.5, 0.6) is 0 Å². The largest absolute Gasteiger partial charge is 0.350 e. The van der Waals surface area contributed by atoms with Gasteiger partial charge < -0.3 is 10.6 Å². The molecule has 2 N–H and O–H groups in total. The second-order valence-corrected chi connectivity index (χ2v) is 5.99. The number of anilines is 2. The van der Waals surface area contributed by atoms with Gasteiger partial charge in [-0.15, -0.1) is 0 Å². The highest BCUT2D eigenvalue weighted by Crippen LogP contribution is 2.21. The normalized spacial score (nSPS) is 10.5. The van der Waals surface area contributed by atoms with Crippen LogP contribution in [0.2, 0.25) is 0 Å². The Bertz CT molecular complexity index is 862. The summed E-state index contributed by atoms with van der Waals surface area (Å²) < 4.78 is 0. The van der Waals surface area contributed by atoms with Gasteiger partial charge in [0.05, 0.1) is 5.69 Å². The first kappa shape index (κ1) is 16.6. The van der Waals surface area contributed by atoms with Crippen molar-refractivity contribution in [3.8, 4) is 11.3 Å². The summed E-state index contributed by atoms with van der Waals surface area (Å²) in [4.78, 5) is 20.7. The quantitative estimate of drug-likeness (QED) is 0.740. The number of carbonyl (C=O) groups is 1. The van der Waals surface area contributed by atoms with Gasteiger partial charge in [0.15, 0.2) is 0 Å². The highest BCUT2D eigenvalue weighted by atomic mass is 16.1. The smallest absolute Gasteiger partial charge is 0.251 e. The van der Waals surface area contributed by atoms with Gasteiger partial charge in [-0.2, -0.15) is 0 Å². The van der Waals surface area contributed by atoms with Crippen LogP contribution in [0.15, 0.2) is 67.0 Å². The lowest BCUT2D eigenvalue weighted by atomic mass is 10.1. The van der Waals surface area contributed by atoms with Gasteiger partial charge in [-0.05, 0) is 32.0 Å². The van der Waals surface area contributed by atoms with Crippen molar-refractivity contribution >= 4 is 17.4 Å². The van der Waals surface area contributed by atoms with E-state index in [0.717, 1.165) is 16.9 Å². The van der Waals surface area contributed by atoms with Gasteiger partial charge in [0.25, 0.3) is 5.91 Å². The molecule has 25 heavy (non-hydrogen) atoms. The third kappa shape index (κ3) is 4.41. The molecule has 0 saturated heterocycles. The van der Waals surface area contributed by atoms with Crippen molar-refractivity contribution in [1.29, 1.82) is 0 Å². The Morgan fingerprint density at radius 1 is 0.960 bits per heavy atom. The first-order valence-corrected chi connectivity index (χ1v) is 8.17. The number of amides is 1. The molecule has 3 aromatic rings. The summed E-state index contributed by atoms with van der Waals surface area (Å²) in [5.41, 5.74) is 3.27. The molecule has 5 nitrogen and oxygen atoms in total. The molecule has 0 saturated carbocycles. The fourth-order valence-corrected chi connectivity index (χ4v) is 2.42. The van der Waals surface area contributed by atoms with Crippen LogP contribution >= 0.6 is 0 Å². The van der Waals surface area contributed by atoms with Crippen molar-refractivity contribution in [1.82, 2.24) is 15.3 Å². The van der Waals surface area contributed by atoms with E-state index in [0.29, 0.717) is 11.4 Å². The topological polar surface area (TPSA) is 66.9 Å². The standard InChI is InChI=1S/C20H20N4O/c1-14(2)23-20(25)16-9-6-10-17(11-16)24-19-12-18(21-13-22-19)15-7-4-3-5-8-15/h3-14H,1-2H3,(H,23,25)(H,21,22,24). The molecule has 126 valence electrons. The van der Waals surface area contributed by atoms with Crippen molar-refractivity contribution < 1.29 is 4.79 Å². The first-order chi connectivity index (χ1) is 12.1. The van der Waals surface area contributed by atoms with Crippen LogP contribution in [0.1, 0.15) is 24.2 Å². The molecule has 5 heteroatoms. The maximum Gasteiger partial charge on any atom is 0.251 e. The Hall–Kier alpha value is -3.21. The number of nitrogens with zero attached hydrogens (tertiary/aromatic N) is 2. The van der Waals surface area contributed by atoms with E-state index in [1.807, 2.05) is 68.4 Å². The van der Waals surface area contributed by atoms with Crippen LogP contribution in [0.25, 0.3) is 11.3 Å². The van der Waals surface area contributed by atoms with Gasteiger partial charge in [-0.25, -0.2) is 9.97 Å². The highest BCUT2D eigenvalue weighted by Gasteiger charge is 2.08. The van der Waals surface area contributed by atoms with Gasteiger partial charge in [-0.1, -0.05) is 36.4 Å². The summed E-state index contributed by atoms with van der Waals surface area (Å²) in [5, 5.41) is 6.12. The number of aromatic nitrogens is 2. The number of benzene rings is 2. The number of rotatable bonds is 5. The molecule has 3 rings (SSSR count). The fourth-order valence-electron chi connectivity index (χ4n) is 2.42. The van der Waals surface area contributed by atoms with Crippen molar-refractivity contribution in [3.63, 3.8) is 0 Å². The summed E-state index contributed by atoms with van der Waals surface area (Å²) in [6.07, 6.45) is 1.53. The molecule has 0 bridgehead atoms. The van der Waals surface area contributed by atoms with Crippen molar-refractivity contribution in [2.75, 3.05) is 5.32 Å². The Balaban J connectivity index is 1.80. The molecule has 0 atom stereocenters. The lowest BCUT2D eigenvalue weighted by Gasteiger charge is -2.11. The first-order valence-electron chi connectivity index (χ1n) is 8.17. The van der Waals surface area contributed by atoms with Gasteiger partial charge in [0, 0.05) is 28.9 Å². The monoisotopic (exact) mass is 332 g/mol. The lowest BCUT2D eigenvalue weighted by Crippen LogP contribution is -2.30. The molecule has 1 heterocycles. The van der Waals surface area contributed by atoms with Gasteiger partial charge >= 0.3 is 0 Å². The second-order valence-electron chi connectivity index (χ2n) is 5.99. The molecular formula is C20H20N4O. The molecule has 2 aromatic carbocycles. The predicted octanol–water partition coefficient (Wildman–Crippen LogP) is 4.03. The zero-order chi connectivity index (χ0) is 17.6.